The number of hydrogen-bond donors (Lipinski definition) is 0. The predicted octanol–water partition coefficient (Wildman–Crippen LogP) is 2.70. The van der Waals surface area contributed by atoms with Gasteiger partial charge in [0.15, 0.2) is 5.17 Å². The van der Waals surface area contributed by atoms with Gasteiger partial charge in [0.2, 0.25) is 0 Å². The molecule has 0 bridgehead atoms. The standard InChI is InChI=1S/C13H11BrN2O3S/c1-16-12(18)10(7-11(17)19-2)20-13(16)15-9-5-3-8(14)4-6-9/h3-7H,1-2H3/b10-7-,15-13+. The minimum atomic E-state index is -0.556. The topological polar surface area (TPSA) is 59.0 Å². The van der Waals surface area contributed by atoms with E-state index < -0.39 is 5.97 Å². The Morgan fingerprint density at radius 1 is 1.40 bits per heavy atom. The number of benzene rings is 1. The lowest BCUT2D eigenvalue weighted by Crippen LogP contribution is -2.23. The number of rotatable bonds is 2. The molecule has 1 heterocycles. The van der Waals surface area contributed by atoms with E-state index >= 15 is 0 Å². The van der Waals surface area contributed by atoms with Crippen molar-refractivity contribution in [3.63, 3.8) is 0 Å². The molecule has 1 aliphatic heterocycles. The molecular formula is C13H11BrN2O3S. The number of likely N-dealkylation sites (N-methyl/N-ethyl adjacent to an activating group) is 1. The fraction of sp³-hybridized carbons (Fsp3) is 0.154. The summed E-state index contributed by atoms with van der Waals surface area (Å²) >= 11 is 4.49. The summed E-state index contributed by atoms with van der Waals surface area (Å²) < 4.78 is 5.47. The molecule has 0 N–H and O–H groups in total. The fourth-order valence-corrected chi connectivity index (χ4v) is 2.65. The Bertz CT molecular complexity index is 611. The highest BCUT2D eigenvalue weighted by Gasteiger charge is 2.31. The molecule has 0 spiro atoms. The van der Waals surface area contributed by atoms with Gasteiger partial charge in [-0.05, 0) is 36.0 Å². The van der Waals surface area contributed by atoms with Crippen LogP contribution < -0.4 is 0 Å². The summed E-state index contributed by atoms with van der Waals surface area (Å²) in [6.07, 6.45) is 1.17. The molecule has 1 fully saturated rings. The molecular weight excluding hydrogens is 344 g/mol. The van der Waals surface area contributed by atoms with E-state index in [2.05, 4.69) is 25.7 Å². The number of esters is 1. The number of hydrogen-bond acceptors (Lipinski definition) is 5. The molecule has 104 valence electrons. The van der Waals surface area contributed by atoms with E-state index in [1.54, 1.807) is 7.05 Å². The molecule has 0 saturated carbocycles. The van der Waals surface area contributed by atoms with Crippen LogP contribution in [0.15, 0.2) is 44.7 Å². The molecule has 5 nitrogen and oxygen atoms in total. The zero-order valence-electron chi connectivity index (χ0n) is 10.8. The Balaban J connectivity index is 2.26. The average Bonchev–Trinajstić information content (AvgIpc) is 2.69. The number of amides is 1. The predicted molar refractivity (Wildman–Crippen MR) is 81.7 cm³/mol. The van der Waals surface area contributed by atoms with E-state index in [1.807, 2.05) is 24.3 Å². The van der Waals surface area contributed by atoms with Gasteiger partial charge in [-0.2, -0.15) is 0 Å². The summed E-state index contributed by atoms with van der Waals surface area (Å²) in [5.74, 6) is -0.824. The number of aliphatic imine (C=N–C) groups is 1. The van der Waals surface area contributed by atoms with Crippen molar-refractivity contribution in [2.45, 2.75) is 0 Å². The maximum Gasteiger partial charge on any atom is 0.331 e. The summed E-state index contributed by atoms with van der Waals surface area (Å²) in [7, 11) is 2.88. The van der Waals surface area contributed by atoms with E-state index in [4.69, 9.17) is 0 Å². The third-order valence-electron chi connectivity index (χ3n) is 2.51. The maximum atomic E-state index is 12.0. The second kappa shape index (κ2) is 6.23. The molecule has 0 atom stereocenters. The summed E-state index contributed by atoms with van der Waals surface area (Å²) in [6.45, 7) is 0. The van der Waals surface area contributed by atoms with Crippen LogP contribution >= 0.6 is 27.7 Å². The number of ether oxygens (including phenoxy) is 1. The first-order valence-electron chi connectivity index (χ1n) is 5.61. The summed E-state index contributed by atoms with van der Waals surface area (Å²) in [4.78, 5) is 29.2. The van der Waals surface area contributed by atoms with E-state index in [1.165, 1.54) is 18.1 Å². The lowest BCUT2D eigenvalue weighted by atomic mass is 10.3. The van der Waals surface area contributed by atoms with Crippen LogP contribution in [-0.2, 0) is 14.3 Å². The molecule has 1 aromatic carbocycles. The number of amidine groups is 1. The Kier molecular flexibility index (Phi) is 4.61. The number of carbonyl (C=O) groups excluding carboxylic acids is 2. The van der Waals surface area contributed by atoms with Crippen LogP contribution in [0, 0.1) is 0 Å². The largest absolute Gasteiger partial charge is 0.466 e. The van der Waals surface area contributed by atoms with Crippen molar-refractivity contribution in [3.8, 4) is 0 Å². The molecule has 1 amide bonds. The molecule has 0 aromatic heterocycles. The molecule has 1 saturated heterocycles. The van der Waals surface area contributed by atoms with Gasteiger partial charge in [0, 0.05) is 17.6 Å². The van der Waals surface area contributed by atoms with Crippen LogP contribution in [0.4, 0.5) is 5.69 Å². The van der Waals surface area contributed by atoms with Crippen molar-refractivity contribution >= 4 is 50.4 Å². The van der Waals surface area contributed by atoms with Gasteiger partial charge in [0.05, 0.1) is 17.7 Å². The first-order valence-corrected chi connectivity index (χ1v) is 7.22. The normalized spacial score (nSPS) is 18.9. The zero-order chi connectivity index (χ0) is 14.7. The van der Waals surface area contributed by atoms with Crippen LogP contribution in [0.25, 0.3) is 0 Å². The van der Waals surface area contributed by atoms with E-state index in [-0.39, 0.29) is 5.91 Å². The van der Waals surface area contributed by atoms with Gasteiger partial charge in [-0.15, -0.1) is 0 Å². The van der Waals surface area contributed by atoms with Crippen molar-refractivity contribution < 1.29 is 14.3 Å². The smallest absolute Gasteiger partial charge is 0.331 e. The highest BCUT2D eigenvalue weighted by Crippen LogP contribution is 2.31. The Labute approximate surface area is 128 Å². The highest BCUT2D eigenvalue weighted by molar-refractivity contribution is 9.10. The monoisotopic (exact) mass is 354 g/mol. The van der Waals surface area contributed by atoms with Gasteiger partial charge in [-0.25, -0.2) is 9.79 Å². The molecule has 20 heavy (non-hydrogen) atoms. The Morgan fingerprint density at radius 2 is 2.05 bits per heavy atom. The summed E-state index contributed by atoms with van der Waals surface area (Å²) in [6, 6.07) is 7.40. The lowest BCUT2D eigenvalue weighted by Gasteiger charge is -2.06. The minimum Gasteiger partial charge on any atom is -0.466 e. The van der Waals surface area contributed by atoms with E-state index in [9.17, 15) is 9.59 Å². The SMILES string of the molecule is COC(=O)/C=C1\S/C(=N/c2ccc(Br)cc2)N(C)C1=O. The van der Waals surface area contributed by atoms with Gasteiger partial charge in [0.1, 0.15) is 0 Å². The highest BCUT2D eigenvalue weighted by atomic mass is 79.9. The Morgan fingerprint density at radius 3 is 2.65 bits per heavy atom. The number of methoxy groups -OCH3 is 1. The molecule has 7 heteroatoms. The van der Waals surface area contributed by atoms with Crippen molar-refractivity contribution in [1.82, 2.24) is 4.90 Å². The van der Waals surface area contributed by atoms with Gasteiger partial charge in [-0.3, -0.25) is 9.69 Å². The van der Waals surface area contributed by atoms with Gasteiger partial charge < -0.3 is 4.74 Å². The molecule has 0 radical (unpaired) electrons. The van der Waals surface area contributed by atoms with Crippen LogP contribution in [-0.4, -0.2) is 36.1 Å². The fourth-order valence-electron chi connectivity index (χ4n) is 1.44. The Hall–Kier alpha value is -1.60. The van der Waals surface area contributed by atoms with E-state index in [0.29, 0.717) is 10.1 Å². The van der Waals surface area contributed by atoms with Crippen LogP contribution in [0.1, 0.15) is 0 Å². The van der Waals surface area contributed by atoms with Crippen molar-refractivity contribution in [3.05, 3.63) is 39.7 Å². The zero-order valence-corrected chi connectivity index (χ0v) is 13.2. The lowest BCUT2D eigenvalue weighted by molar-refractivity contribution is -0.135. The number of nitrogens with zero attached hydrogens (tertiary/aromatic N) is 2. The van der Waals surface area contributed by atoms with Crippen LogP contribution in [0.2, 0.25) is 0 Å². The van der Waals surface area contributed by atoms with E-state index in [0.717, 1.165) is 21.9 Å². The first-order chi connectivity index (χ1) is 9.51. The molecule has 1 aliphatic rings. The van der Waals surface area contributed by atoms with Crippen molar-refractivity contribution in [2.75, 3.05) is 14.2 Å². The van der Waals surface area contributed by atoms with Gasteiger partial charge >= 0.3 is 5.97 Å². The van der Waals surface area contributed by atoms with Crippen LogP contribution in [0.3, 0.4) is 0 Å². The number of halogens is 1. The summed E-state index contributed by atoms with van der Waals surface area (Å²) in [5.41, 5.74) is 0.731. The maximum absolute atomic E-state index is 12.0. The third kappa shape index (κ3) is 3.29. The molecule has 0 aliphatic carbocycles. The second-order valence-corrected chi connectivity index (χ2v) is 5.79. The van der Waals surface area contributed by atoms with Crippen LogP contribution in [0.5, 0.6) is 0 Å². The quantitative estimate of drug-likeness (QED) is 0.605. The van der Waals surface area contributed by atoms with Crippen molar-refractivity contribution in [2.24, 2.45) is 4.99 Å². The third-order valence-corrected chi connectivity index (χ3v) is 4.09. The first kappa shape index (κ1) is 14.8. The molecule has 2 rings (SSSR count). The number of thioether (sulfide) groups is 1. The average molecular weight is 355 g/mol. The van der Waals surface area contributed by atoms with Gasteiger partial charge in [-0.1, -0.05) is 15.9 Å². The summed E-state index contributed by atoms with van der Waals surface area (Å²) in [5, 5.41) is 0.521. The number of carbonyl (C=O) groups is 2. The second-order valence-electron chi connectivity index (χ2n) is 3.87. The van der Waals surface area contributed by atoms with Crippen molar-refractivity contribution in [1.29, 1.82) is 0 Å². The van der Waals surface area contributed by atoms with Gasteiger partial charge in [0.25, 0.3) is 5.91 Å². The minimum absolute atomic E-state index is 0.267. The molecule has 0 unspecified atom stereocenters. The molecule has 1 aromatic rings.